The van der Waals surface area contributed by atoms with E-state index in [1.54, 1.807) is 0 Å². The zero-order valence-electron chi connectivity index (χ0n) is 11.4. The Balaban J connectivity index is 3.33. The lowest BCUT2D eigenvalue weighted by atomic mass is 9.96. The lowest BCUT2D eigenvalue weighted by Crippen LogP contribution is -2.10. The van der Waals surface area contributed by atoms with Crippen LogP contribution in [0.3, 0.4) is 0 Å². The van der Waals surface area contributed by atoms with Crippen molar-refractivity contribution in [1.29, 1.82) is 5.41 Å². The van der Waals surface area contributed by atoms with Crippen molar-refractivity contribution in [3.8, 4) is 0 Å². The van der Waals surface area contributed by atoms with Crippen LogP contribution >= 0.6 is 0 Å². The van der Waals surface area contributed by atoms with Crippen molar-refractivity contribution >= 4 is 11.6 Å². The van der Waals surface area contributed by atoms with Crippen LogP contribution in [0.25, 0.3) is 0 Å². The van der Waals surface area contributed by atoms with Crippen LogP contribution in [0, 0.1) is 11.3 Å². The number of Topliss-reactive ketones (excluding diaryl/α,β-unsaturated/α-hetero) is 1. The van der Waals surface area contributed by atoms with E-state index < -0.39 is 0 Å². The number of hydrogen-bond donors (Lipinski definition) is 2. The largest absolute Gasteiger partial charge is 0.388 e. The van der Waals surface area contributed by atoms with Crippen molar-refractivity contribution in [2.45, 2.75) is 71.6 Å². The molecule has 0 saturated carbocycles. The van der Waals surface area contributed by atoms with Crippen molar-refractivity contribution in [2.75, 3.05) is 0 Å². The van der Waals surface area contributed by atoms with Gasteiger partial charge in [-0.3, -0.25) is 10.2 Å². The molecule has 0 amide bonds. The summed E-state index contributed by atoms with van der Waals surface area (Å²) in [6, 6.07) is 0. The summed E-state index contributed by atoms with van der Waals surface area (Å²) in [6.45, 7) is 4.10. The van der Waals surface area contributed by atoms with Gasteiger partial charge in [0.25, 0.3) is 0 Å². The van der Waals surface area contributed by atoms with Gasteiger partial charge in [0.1, 0.15) is 5.78 Å². The molecule has 0 fully saturated rings. The van der Waals surface area contributed by atoms with E-state index in [4.69, 9.17) is 11.1 Å². The summed E-state index contributed by atoms with van der Waals surface area (Å²) < 4.78 is 0. The Morgan fingerprint density at radius 1 is 1.12 bits per heavy atom. The topological polar surface area (TPSA) is 66.9 Å². The number of amidine groups is 1. The third-order valence-corrected chi connectivity index (χ3v) is 3.13. The van der Waals surface area contributed by atoms with E-state index in [1.165, 1.54) is 12.8 Å². The van der Waals surface area contributed by atoms with Crippen LogP contribution in [0.5, 0.6) is 0 Å². The minimum absolute atomic E-state index is 0.243. The third kappa shape index (κ3) is 10.0. The summed E-state index contributed by atoms with van der Waals surface area (Å²) in [7, 11) is 0. The highest BCUT2D eigenvalue weighted by atomic mass is 16.1. The van der Waals surface area contributed by atoms with Crippen LogP contribution in [-0.2, 0) is 4.79 Å². The fourth-order valence-electron chi connectivity index (χ4n) is 1.95. The van der Waals surface area contributed by atoms with Crippen LogP contribution in [0.4, 0.5) is 0 Å². The number of unbranched alkanes of at least 4 members (excludes halogenated alkanes) is 4. The van der Waals surface area contributed by atoms with Crippen LogP contribution < -0.4 is 5.73 Å². The molecule has 0 bridgehead atoms. The quantitative estimate of drug-likeness (QED) is 0.329. The molecule has 3 nitrogen and oxygen atoms in total. The van der Waals surface area contributed by atoms with Gasteiger partial charge < -0.3 is 5.73 Å². The summed E-state index contributed by atoms with van der Waals surface area (Å²) in [5.74, 6) is 0.958. The standard InChI is InChI=1S/C14H28N2O/c1-3-9-13(17)12(2)10-7-5-4-6-8-11-14(15)16/h12H,3-11H2,1-2H3,(H3,15,16). The third-order valence-electron chi connectivity index (χ3n) is 3.13. The van der Waals surface area contributed by atoms with Gasteiger partial charge in [-0.25, -0.2) is 0 Å². The summed E-state index contributed by atoms with van der Waals surface area (Å²) in [5, 5.41) is 7.09. The number of nitrogens with one attached hydrogen (secondary N) is 1. The van der Waals surface area contributed by atoms with E-state index in [2.05, 4.69) is 6.92 Å². The van der Waals surface area contributed by atoms with Gasteiger partial charge in [0.15, 0.2) is 0 Å². The Kier molecular flexibility index (Phi) is 9.78. The summed E-state index contributed by atoms with van der Waals surface area (Å²) in [5.41, 5.74) is 5.28. The maximum Gasteiger partial charge on any atom is 0.135 e. The van der Waals surface area contributed by atoms with E-state index in [0.29, 0.717) is 11.6 Å². The molecule has 0 aromatic heterocycles. The highest BCUT2D eigenvalue weighted by Crippen LogP contribution is 2.14. The molecule has 0 spiro atoms. The molecule has 0 heterocycles. The molecule has 1 unspecified atom stereocenters. The molecule has 0 aliphatic carbocycles. The molecule has 3 N–H and O–H groups in total. The SMILES string of the molecule is CCCC(=O)C(C)CCCCCCCC(=N)N. The molecule has 0 radical (unpaired) electrons. The van der Waals surface area contributed by atoms with Gasteiger partial charge in [0.2, 0.25) is 0 Å². The van der Waals surface area contributed by atoms with Crippen molar-refractivity contribution in [2.24, 2.45) is 11.7 Å². The second-order valence-electron chi connectivity index (χ2n) is 4.95. The van der Waals surface area contributed by atoms with Crippen LogP contribution in [0.2, 0.25) is 0 Å². The van der Waals surface area contributed by atoms with E-state index in [0.717, 1.165) is 44.9 Å². The highest BCUT2D eigenvalue weighted by molar-refractivity contribution is 5.80. The van der Waals surface area contributed by atoms with Crippen LogP contribution in [0.15, 0.2) is 0 Å². The highest BCUT2D eigenvalue weighted by Gasteiger charge is 2.10. The minimum atomic E-state index is 0.243. The van der Waals surface area contributed by atoms with Gasteiger partial charge >= 0.3 is 0 Å². The molecular formula is C14H28N2O. The van der Waals surface area contributed by atoms with E-state index in [1.807, 2.05) is 6.92 Å². The first-order valence-corrected chi connectivity index (χ1v) is 6.93. The Morgan fingerprint density at radius 3 is 2.29 bits per heavy atom. The molecule has 3 heteroatoms. The first kappa shape index (κ1) is 16.1. The molecule has 0 rings (SSSR count). The number of carbonyl (C=O) groups is 1. The first-order valence-electron chi connectivity index (χ1n) is 6.93. The number of nitrogens with two attached hydrogens (primary N) is 1. The Hall–Kier alpha value is -0.860. The van der Waals surface area contributed by atoms with Gasteiger partial charge in [-0.2, -0.15) is 0 Å². The zero-order chi connectivity index (χ0) is 13.1. The summed E-state index contributed by atoms with van der Waals surface area (Å²) in [6.07, 6.45) is 9.18. The minimum Gasteiger partial charge on any atom is -0.388 e. The summed E-state index contributed by atoms with van der Waals surface area (Å²) >= 11 is 0. The van der Waals surface area contributed by atoms with E-state index >= 15 is 0 Å². The van der Waals surface area contributed by atoms with Gasteiger partial charge in [-0.15, -0.1) is 0 Å². The summed E-state index contributed by atoms with van der Waals surface area (Å²) in [4.78, 5) is 11.5. The Bertz CT molecular complexity index is 226. The van der Waals surface area contributed by atoms with Crippen molar-refractivity contribution in [1.82, 2.24) is 0 Å². The molecule has 1 atom stereocenters. The van der Waals surface area contributed by atoms with Gasteiger partial charge in [-0.1, -0.05) is 39.5 Å². The van der Waals surface area contributed by atoms with Crippen LogP contribution in [0.1, 0.15) is 71.6 Å². The Labute approximate surface area is 106 Å². The first-order chi connectivity index (χ1) is 8.07. The van der Waals surface area contributed by atoms with E-state index in [9.17, 15) is 4.79 Å². The molecule has 0 aromatic rings. The number of carbonyl (C=O) groups excluding carboxylic acids is 1. The maximum atomic E-state index is 11.5. The maximum absolute atomic E-state index is 11.5. The predicted octanol–water partition coefficient (Wildman–Crippen LogP) is 3.66. The Morgan fingerprint density at radius 2 is 1.71 bits per heavy atom. The molecular weight excluding hydrogens is 212 g/mol. The average molecular weight is 240 g/mol. The number of hydrogen-bond acceptors (Lipinski definition) is 2. The molecule has 17 heavy (non-hydrogen) atoms. The second-order valence-corrected chi connectivity index (χ2v) is 4.95. The normalized spacial score (nSPS) is 12.4. The number of ketones is 1. The van der Waals surface area contributed by atoms with Gasteiger partial charge in [0.05, 0.1) is 5.84 Å². The van der Waals surface area contributed by atoms with Gasteiger partial charge in [-0.05, 0) is 19.3 Å². The van der Waals surface area contributed by atoms with Gasteiger partial charge in [0, 0.05) is 18.8 Å². The molecule has 0 aromatic carbocycles. The lowest BCUT2D eigenvalue weighted by molar-refractivity contribution is -0.122. The smallest absolute Gasteiger partial charge is 0.135 e. The zero-order valence-corrected chi connectivity index (χ0v) is 11.4. The monoisotopic (exact) mass is 240 g/mol. The van der Waals surface area contributed by atoms with Crippen molar-refractivity contribution < 1.29 is 4.79 Å². The predicted molar refractivity (Wildman–Crippen MR) is 73.3 cm³/mol. The van der Waals surface area contributed by atoms with Crippen molar-refractivity contribution in [3.63, 3.8) is 0 Å². The van der Waals surface area contributed by atoms with E-state index in [-0.39, 0.29) is 5.92 Å². The molecule has 100 valence electrons. The average Bonchev–Trinajstić information content (AvgIpc) is 2.27. The molecule has 0 aliphatic rings. The van der Waals surface area contributed by atoms with Crippen LogP contribution in [-0.4, -0.2) is 11.6 Å². The fraction of sp³-hybridized carbons (Fsp3) is 0.857. The molecule has 0 saturated heterocycles. The van der Waals surface area contributed by atoms with Crippen molar-refractivity contribution in [3.05, 3.63) is 0 Å². The lowest BCUT2D eigenvalue weighted by Gasteiger charge is -2.09. The molecule has 0 aliphatic heterocycles. The number of rotatable bonds is 11. The fourth-order valence-corrected chi connectivity index (χ4v) is 1.95. The second kappa shape index (κ2) is 10.3.